The Hall–Kier alpha value is -0.610. The van der Waals surface area contributed by atoms with E-state index in [0.717, 1.165) is 39.0 Å². The van der Waals surface area contributed by atoms with Crippen molar-refractivity contribution in [2.75, 3.05) is 19.7 Å². The molecular weight excluding hydrogens is 216 g/mol. The SMILES string of the molecule is CC1CCC(CNC(=O)C2CCCCO2)CN1. The first-order valence-corrected chi connectivity index (χ1v) is 6.88. The first-order valence-electron chi connectivity index (χ1n) is 6.88. The van der Waals surface area contributed by atoms with Crippen LogP contribution in [0, 0.1) is 5.92 Å². The fourth-order valence-electron chi connectivity index (χ4n) is 2.54. The Labute approximate surface area is 103 Å². The summed E-state index contributed by atoms with van der Waals surface area (Å²) in [6.45, 7) is 4.76. The van der Waals surface area contributed by atoms with Gasteiger partial charge in [-0.25, -0.2) is 0 Å². The lowest BCUT2D eigenvalue weighted by molar-refractivity contribution is -0.135. The molecule has 4 nitrogen and oxygen atoms in total. The van der Waals surface area contributed by atoms with Crippen LogP contribution in [-0.2, 0) is 9.53 Å². The van der Waals surface area contributed by atoms with Gasteiger partial charge in [-0.2, -0.15) is 0 Å². The van der Waals surface area contributed by atoms with Crippen molar-refractivity contribution in [2.45, 2.75) is 51.2 Å². The van der Waals surface area contributed by atoms with Crippen molar-refractivity contribution < 1.29 is 9.53 Å². The fourth-order valence-corrected chi connectivity index (χ4v) is 2.54. The molecule has 2 saturated heterocycles. The van der Waals surface area contributed by atoms with Gasteiger partial charge in [0, 0.05) is 19.2 Å². The quantitative estimate of drug-likeness (QED) is 0.775. The number of ether oxygens (including phenoxy) is 1. The van der Waals surface area contributed by atoms with Crippen molar-refractivity contribution in [2.24, 2.45) is 5.92 Å². The first-order chi connectivity index (χ1) is 8.25. The van der Waals surface area contributed by atoms with E-state index in [2.05, 4.69) is 17.6 Å². The number of carbonyl (C=O) groups is 1. The summed E-state index contributed by atoms with van der Waals surface area (Å²) in [5.74, 6) is 0.669. The lowest BCUT2D eigenvalue weighted by Gasteiger charge is -2.28. The predicted molar refractivity (Wildman–Crippen MR) is 66.8 cm³/mol. The number of nitrogens with one attached hydrogen (secondary N) is 2. The largest absolute Gasteiger partial charge is 0.368 e. The summed E-state index contributed by atoms with van der Waals surface area (Å²) in [6, 6.07) is 0.628. The Morgan fingerprint density at radius 3 is 2.88 bits per heavy atom. The average Bonchev–Trinajstić information content (AvgIpc) is 2.39. The van der Waals surface area contributed by atoms with Gasteiger partial charge in [-0.15, -0.1) is 0 Å². The van der Waals surface area contributed by atoms with Crippen LogP contribution in [0.25, 0.3) is 0 Å². The lowest BCUT2D eigenvalue weighted by Crippen LogP contribution is -2.45. The summed E-state index contributed by atoms with van der Waals surface area (Å²) in [7, 11) is 0. The molecule has 3 atom stereocenters. The molecule has 4 heteroatoms. The van der Waals surface area contributed by atoms with Gasteiger partial charge in [-0.1, -0.05) is 0 Å². The molecule has 2 N–H and O–H groups in total. The molecule has 2 aliphatic rings. The predicted octanol–water partition coefficient (Wildman–Crippen LogP) is 1.06. The molecule has 0 aromatic rings. The van der Waals surface area contributed by atoms with Crippen molar-refractivity contribution in [3.63, 3.8) is 0 Å². The molecule has 2 fully saturated rings. The van der Waals surface area contributed by atoms with Crippen LogP contribution in [0.4, 0.5) is 0 Å². The number of hydrogen-bond acceptors (Lipinski definition) is 3. The molecule has 17 heavy (non-hydrogen) atoms. The Morgan fingerprint density at radius 1 is 1.35 bits per heavy atom. The zero-order valence-corrected chi connectivity index (χ0v) is 10.7. The van der Waals surface area contributed by atoms with Crippen LogP contribution < -0.4 is 10.6 Å². The summed E-state index contributed by atoms with van der Waals surface area (Å²) in [5, 5.41) is 6.49. The number of rotatable bonds is 3. The van der Waals surface area contributed by atoms with Crippen molar-refractivity contribution >= 4 is 5.91 Å². The van der Waals surface area contributed by atoms with Gasteiger partial charge < -0.3 is 15.4 Å². The highest BCUT2D eigenvalue weighted by molar-refractivity contribution is 5.80. The van der Waals surface area contributed by atoms with Crippen molar-refractivity contribution in [1.29, 1.82) is 0 Å². The van der Waals surface area contributed by atoms with Crippen molar-refractivity contribution in [3.05, 3.63) is 0 Å². The monoisotopic (exact) mass is 240 g/mol. The molecule has 2 aliphatic heterocycles. The minimum Gasteiger partial charge on any atom is -0.368 e. The van der Waals surface area contributed by atoms with E-state index >= 15 is 0 Å². The zero-order chi connectivity index (χ0) is 12.1. The fraction of sp³-hybridized carbons (Fsp3) is 0.923. The van der Waals surface area contributed by atoms with E-state index in [0.29, 0.717) is 12.0 Å². The van der Waals surface area contributed by atoms with Crippen molar-refractivity contribution in [3.8, 4) is 0 Å². The third-order valence-corrected chi connectivity index (χ3v) is 3.80. The Bertz CT molecular complexity index is 244. The van der Waals surface area contributed by atoms with Crippen LogP contribution >= 0.6 is 0 Å². The molecule has 0 aliphatic carbocycles. The second-order valence-corrected chi connectivity index (χ2v) is 5.35. The van der Waals surface area contributed by atoms with Gasteiger partial charge in [0.2, 0.25) is 5.91 Å². The van der Waals surface area contributed by atoms with E-state index in [1.54, 1.807) is 0 Å². The summed E-state index contributed by atoms with van der Waals surface area (Å²) in [4.78, 5) is 11.8. The van der Waals surface area contributed by atoms with E-state index in [-0.39, 0.29) is 12.0 Å². The first kappa shape index (κ1) is 12.8. The van der Waals surface area contributed by atoms with E-state index < -0.39 is 0 Å². The van der Waals surface area contributed by atoms with Gasteiger partial charge in [0.05, 0.1) is 0 Å². The van der Waals surface area contributed by atoms with Gasteiger partial charge in [-0.3, -0.25) is 4.79 Å². The smallest absolute Gasteiger partial charge is 0.249 e. The standard InChI is InChI=1S/C13H24N2O2/c1-10-5-6-11(8-14-10)9-15-13(16)12-4-2-3-7-17-12/h10-12,14H,2-9H2,1H3,(H,15,16). The van der Waals surface area contributed by atoms with Gasteiger partial charge >= 0.3 is 0 Å². The molecule has 3 unspecified atom stereocenters. The molecule has 0 aromatic carbocycles. The molecule has 0 radical (unpaired) electrons. The Morgan fingerprint density at radius 2 is 2.24 bits per heavy atom. The molecule has 2 heterocycles. The maximum absolute atomic E-state index is 11.8. The summed E-state index contributed by atoms with van der Waals surface area (Å²) in [5.41, 5.74) is 0. The summed E-state index contributed by atoms with van der Waals surface area (Å²) >= 11 is 0. The molecule has 0 bridgehead atoms. The molecule has 98 valence electrons. The van der Waals surface area contributed by atoms with Crippen LogP contribution in [0.2, 0.25) is 0 Å². The minimum atomic E-state index is -0.195. The summed E-state index contributed by atoms with van der Waals surface area (Å²) in [6.07, 6.45) is 5.31. The summed E-state index contributed by atoms with van der Waals surface area (Å²) < 4.78 is 5.47. The van der Waals surface area contributed by atoms with Crippen molar-refractivity contribution in [1.82, 2.24) is 10.6 Å². The average molecular weight is 240 g/mol. The molecule has 0 spiro atoms. The second kappa shape index (κ2) is 6.36. The van der Waals surface area contributed by atoms with E-state index in [4.69, 9.17) is 4.74 Å². The maximum Gasteiger partial charge on any atom is 0.249 e. The molecule has 1 amide bonds. The Kier molecular flexibility index (Phi) is 4.80. The van der Waals surface area contributed by atoms with Crippen LogP contribution in [-0.4, -0.2) is 37.7 Å². The highest BCUT2D eigenvalue weighted by Gasteiger charge is 2.23. The van der Waals surface area contributed by atoms with E-state index in [1.807, 2.05) is 0 Å². The van der Waals surface area contributed by atoms with Crippen LogP contribution in [0.15, 0.2) is 0 Å². The van der Waals surface area contributed by atoms with Gasteiger partial charge in [0.15, 0.2) is 0 Å². The van der Waals surface area contributed by atoms with Gasteiger partial charge in [0.1, 0.15) is 6.10 Å². The number of amides is 1. The van der Waals surface area contributed by atoms with Gasteiger partial charge in [-0.05, 0) is 51.5 Å². The highest BCUT2D eigenvalue weighted by atomic mass is 16.5. The number of hydrogen-bond donors (Lipinski definition) is 2. The van der Waals surface area contributed by atoms with Gasteiger partial charge in [0.25, 0.3) is 0 Å². The molecule has 0 aromatic heterocycles. The van der Waals surface area contributed by atoms with Crippen LogP contribution in [0.1, 0.15) is 39.0 Å². The van der Waals surface area contributed by atoms with Crippen LogP contribution in [0.3, 0.4) is 0 Å². The number of carbonyl (C=O) groups excluding carboxylic acids is 1. The number of piperidine rings is 1. The molecule has 0 saturated carbocycles. The normalized spacial score (nSPS) is 34.3. The molecule has 2 rings (SSSR count). The maximum atomic E-state index is 11.8. The third kappa shape index (κ3) is 3.96. The second-order valence-electron chi connectivity index (χ2n) is 5.35. The third-order valence-electron chi connectivity index (χ3n) is 3.80. The zero-order valence-electron chi connectivity index (χ0n) is 10.7. The van der Waals surface area contributed by atoms with E-state index in [9.17, 15) is 4.79 Å². The topological polar surface area (TPSA) is 50.4 Å². The van der Waals surface area contributed by atoms with Crippen LogP contribution in [0.5, 0.6) is 0 Å². The minimum absolute atomic E-state index is 0.0864. The lowest BCUT2D eigenvalue weighted by atomic mass is 9.95. The highest BCUT2D eigenvalue weighted by Crippen LogP contribution is 2.15. The Balaban J connectivity index is 1.65. The molecular formula is C13H24N2O2. The van der Waals surface area contributed by atoms with E-state index in [1.165, 1.54) is 12.8 Å².